The Morgan fingerprint density at radius 2 is 2.05 bits per heavy atom. The molecule has 208 valence electrons. The quantitative estimate of drug-likeness (QED) is 0.395. The molecule has 3 aromatic rings. The minimum Gasteiger partial charge on any atom is -0.495 e. The average molecular weight is 587 g/mol. The third kappa shape index (κ3) is 5.58. The van der Waals surface area contributed by atoms with Gasteiger partial charge in [-0.05, 0) is 37.7 Å². The summed E-state index contributed by atoms with van der Waals surface area (Å²) in [7, 11) is 3.23. The molecule has 2 aromatic carbocycles. The van der Waals surface area contributed by atoms with Crippen molar-refractivity contribution in [1.29, 1.82) is 0 Å². The van der Waals surface area contributed by atoms with Crippen LogP contribution in [0.15, 0.2) is 41.5 Å². The predicted octanol–water partition coefficient (Wildman–Crippen LogP) is 5.39. The standard InChI is InChI=1S/C27H25Cl2FN6O4/c1-13-14-5-4-6-21(23(14)25(38)32-13)40-26-17(29)11-31-27(35-26)34-20-10-16(28)15(9-22(20)39-3)24(37)33-19-7-8-36(2)12-18(19)30/h4-6,9-11,13,18H,7-8,12H2,1-3H3,(H,32,38)(H,31,34,35)/t13-,18-/m1/s1. The molecule has 0 aliphatic carbocycles. The van der Waals surface area contributed by atoms with Gasteiger partial charge in [0.25, 0.3) is 11.8 Å². The molecule has 2 N–H and O–H groups in total. The second-order valence-corrected chi connectivity index (χ2v) is 10.2. The lowest BCUT2D eigenvalue weighted by Gasteiger charge is -2.26. The molecule has 5 rings (SSSR count). The van der Waals surface area contributed by atoms with Gasteiger partial charge in [-0.15, -0.1) is 0 Å². The predicted molar refractivity (Wildman–Crippen MR) is 150 cm³/mol. The summed E-state index contributed by atoms with van der Waals surface area (Å²) < 4.78 is 25.8. The highest BCUT2D eigenvalue weighted by molar-refractivity contribution is 6.34. The number of methoxy groups -OCH3 is 1. The van der Waals surface area contributed by atoms with Gasteiger partial charge in [0.1, 0.15) is 16.5 Å². The van der Waals surface area contributed by atoms with E-state index in [9.17, 15) is 14.0 Å². The molecule has 2 amide bonds. The van der Waals surface area contributed by atoms with E-state index in [0.29, 0.717) is 30.0 Å². The normalized spacial score (nSPS) is 19.8. The maximum absolute atomic E-state index is 14.4. The third-order valence-electron chi connectivity index (χ3n) is 6.61. The molecule has 13 heteroatoms. The van der Waals surface area contributed by atoms with Crippen molar-refractivity contribution >= 4 is 52.4 Å². The van der Waals surface area contributed by atoms with Gasteiger partial charge < -0.3 is 25.0 Å². The molecular formula is C27H25Cl2FN6O4. The van der Waals surface area contributed by atoms with Crippen molar-refractivity contribution in [3.8, 4) is 17.4 Å². The Morgan fingerprint density at radius 3 is 2.80 bits per heavy atom. The number of benzene rings is 2. The van der Waals surface area contributed by atoms with Gasteiger partial charge in [0.15, 0.2) is 6.17 Å². The van der Waals surface area contributed by atoms with Gasteiger partial charge >= 0.3 is 0 Å². The maximum atomic E-state index is 14.4. The number of piperidine rings is 1. The first-order valence-electron chi connectivity index (χ1n) is 12.4. The molecule has 3 heterocycles. The highest BCUT2D eigenvalue weighted by atomic mass is 35.5. The number of aromatic nitrogens is 2. The van der Waals surface area contributed by atoms with Crippen LogP contribution in [0.25, 0.3) is 0 Å². The number of aliphatic imine (C=N–C) groups is 1. The van der Waals surface area contributed by atoms with Gasteiger partial charge in [0.2, 0.25) is 11.8 Å². The van der Waals surface area contributed by atoms with Gasteiger partial charge in [-0.3, -0.25) is 9.59 Å². The summed E-state index contributed by atoms with van der Waals surface area (Å²) >= 11 is 12.7. The summed E-state index contributed by atoms with van der Waals surface area (Å²) in [6, 6.07) is 8.01. The second kappa shape index (κ2) is 11.4. The molecule has 1 aromatic heterocycles. The zero-order valence-electron chi connectivity index (χ0n) is 21.8. The number of hydrogen-bond acceptors (Lipinski definition) is 8. The maximum Gasteiger partial charge on any atom is 0.278 e. The van der Waals surface area contributed by atoms with E-state index in [-0.39, 0.29) is 57.4 Å². The van der Waals surface area contributed by atoms with E-state index in [0.717, 1.165) is 5.56 Å². The van der Waals surface area contributed by atoms with Crippen molar-refractivity contribution in [2.75, 3.05) is 32.6 Å². The number of hydrogen-bond donors (Lipinski definition) is 2. The number of carbonyl (C=O) groups is 2. The number of nitrogens with zero attached hydrogens (tertiary/aromatic N) is 4. The third-order valence-corrected chi connectivity index (χ3v) is 7.18. The zero-order chi connectivity index (χ0) is 28.6. The number of alkyl halides is 1. The molecule has 0 spiro atoms. The van der Waals surface area contributed by atoms with Crippen LogP contribution >= 0.6 is 23.2 Å². The fourth-order valence-corrected chi connectivity index (χ4v) is 4.90. The number of carbonyl (C=O) groups excluding carboxylic acids is 2. The fraction of sp³-hybridized carbons (Fsp3) is 0.296. The molecule has 1 saturated heterocycles. The van der Waals surface area contributed by atoms with Crippen molar-refractivity contribution in [1.82, 2.24) is 20.2 Å². The SMILES string of the molecule is COc1cc(C(=O)N=C2CCN(C)C[C@H]2F)c(Cl)cc1Nc1ncc(Cl)c(Oc2cccc3c2C(=O)N[C@@H]3C)n1. The summed E-state index contributed by atoms with van der Waals surface area (Å²) in [5, 5.41) is 6.03. The first-order valence-corrected chi connectivity index (χ1v) is 13.1. The molecule has 40 heavy (non-hydrogen) atoms. The summed E-state index contributed by atoms with van der Waals surface area (Å²) in [6.45, 7) is 2.67. The van der Waals surface area contributed by atoms with E-state index in [4.69, 9.17) is 32.7 Å². The number of anilines is 2. The zero-order valence-corrected chi connectivity index (χ0v) is 23.3. The molecule has 1 fully saturated rings. The van der Waals surface area contributed by atoms with Crippen LogP contribution < -0.4 is 20.1 Å². The number of rotatable bonds is 6. The Kier molecular flexibility index (Phi) is 7.88. The Labute approximate surface area is 239 Å². The van der Waals surface area contributed by atoms with Gasteiger partial charge in [0, 0.05) is 19.5 Å². The summed E-state index contributed by atoms with van der Waals surface area (Å²) in [5.74, 6) is -0.253. The lowest BCUT2D eigenvalue weighted by Crippen LogP contribution is -2.40. The van der Waals surface area contributed by atoms with E-state index >= 15 is 0 Å². The highest BCUT2D eigenvalue weighted by Crippen LogP contribution is 2.37. The van der Waals surface area contributed by atoms with Gasteiger partial charge in [-0.25, -0.2) is 14.4 Å². The molecule has 0 bridgehead atoms. The highest BCUT2D eigenvalue weighted by Gasteiger charge is 2.29. The van der Waals surface area contributed by atoms with Crippen LogP contribution in [0, 0.1) is 0 Å². The molecule has 0 radical (unpaired) electrons. The average Bonchev–Trinajstić information content (AvgIpc) is 3.21. The van der Waals surface area contributed by atoms with Crippen molar-refractivity contribution in [2.45, 2.75) is 25.6 Å². The van der Waals surface area contributed by atoms with Crippen LogP contribution in [0.2, 0.25) is 10.0 Å². The van der Waals surface area contributed by atoms with Crippen LogP contribution in [0.4, 0.5) is 16.0 Å². The monoisotopic (exact) mass is 586 g/mol. The number of ether oxygens (including phenoxy) is 2. The number of nitrogens with one attached hydrogen (secondary N) is 2. The van der Waals surface area contributed by atoms with Gasteiger partial charge in [-0.2, -0.15) is 4.98 Å². The Morgan fingerprint density at radius 1 is 1.25 bits per heavy atom. The van der Waals surface area contributed by atoms with Crippen LogP contribution in [-0.4, -0.2) is 65.8 Å². The lowest BCUT2D eigenvalue weighted by molar-refractivity contribution is 0.0955. The van der Waals surface area contributed by atoms with Crippen molar-refractivity contribution < 1.29 is 23.5 Å². The minimum atomic E-state index is -1.32. The van der Waals surface area contributed by atoms with Crippen LogP contribution in [0.3, 0.4) is 0 Å². The first-order chi connectivity index (χ1) is 19.1. The van der Waals surface area contributed by atoms with E-state index in [2.05, 4.69) is 25.6 Å². The summed E-state index contributed by atoms with van der Waals surface area (Å²) in [5.41, 5.74) is 1.83. The fourth-order valence-electron chi connectivity index (χ4n) is 4.52. The van der Waals surface area contributed by atoms with Crippen molar-refractivity contribution in [3.05, 3.63) is 63.3 Å². The topological polar surface area (TPSA) is 118 Å². The minimum absolute atomic E-state index is 0.0199. The first kappa shape index (κ1) is 27.8. The molecular weight excluding hydrogens is 562 g/mol. The largest absolute Gasteiger partial charge is 0.495 e. The Hall–Kier alpha value is -3.80. The molecule has 0 saturated carbocycles. The second-order valence-electron chi connectivity index (χ2n) is 9.41. The van der Waals surface area contributed by atoms with Crippen molar-refractivity contribution in [3.63, 3.8) is 0 Å². The summed E-state index contributed by atoms with van der Waals surface area (Å²) in [4.78, 5) is 39.7. The molecule has 2 aliphatic heterocycles. The molecule has 2 aliphatic rings. The number of halogens is 3. The van der Waals surface area contributed by atoms with Crippen LogP contribution in [-0.2, 0) is 0 Å². The smallest absolute Gasteiger partial charge is 0.278 e. The number of fused-ring (bicyclic) bond motifs is 1. The Balaban J connectivity index is 1.39. The molecule has 10 nitrogen and oxygen atoms in total. The van der Waals surface area contributed by atoms with E-state index in [1.54, 1.807) is 12.1 Å². The van der Waals surface area contributed by atoms with E-state index < -0.39 is 12.1 Å². The van der Waals surface area contributed by atoms with E-state index in [1.807, 2.05) is 24.9 Å². The van der Waals surface area contributed by atoms with Crippen LogP contribution in [0.1, 0.15) is 45.7 Å². The molecule has 2 atom stereocenters. The van der Waals surface area contributed by atoms with Crippen molar-refractivity contribution in [2.24, 2.45) is 4.99 Å². The number of amides is 2. The van der Waals surface area contributed by atoms with E-state index in [1.165, 1.54) is 25.4 Å². The summed E-state index contributed by atoms with van der Waals surface area (Å²) in [6.07, 6.45) is 0.373. The van der Waals surface area contributed by atoms with Gasteiger partial charge in [0.05, 0.1) is 46.9 Å². The van der Waals surface area contributed by atoms with Crippen LogP contribution in [0.5, 0.6) is 17.4 Å². The Bertz CT molecular complexity index is 1540. The van der Waals surface area contributed by atoms with Gasteiger partial charge in [-0.1, -0.05) is 35.3 Å². The molecule has 0 unspecified atom stereocenters. The lowest BCUT2D eigenvalue weighted by atomic mass is 10.1. The number of likely N-dealkylation sites (tertiary alicyclic amines) is 1.